The Kier molecular flexibility index (Phi) is 10.5. The summed E-state index contributed by atoms with van der Waals surface area (Å²) in [6, 6.07) is 0.269. The molecule has 0 saturated heterocycles. The van der Waals surface area contributed by atoms with Crippen LogP contribution < -0.4 is 5.32 Å². The summed E-state index contributed by atoms with van der Waals surface area (Å²) in [4.78, 5) is 0. The van der Waals surface area contributed by atoms with Crippen molar-refractivity contribution in [2.75, 3.05) is 21.3 Å². The van der Waals surface area contributed by atoms with Crippen molar-refractivity contribution in [3.63, 3.8) is 0 Å². The highest BCUT2D eigenvalue weighted by atomic mass is 35.5. The Balaban J connectivity index is 0. The summed E-state index contributed by atoms with van der Waals surface area (Å²) in [7, 11) is 5.27. The van der Waals surface area contributed by atoms with Gasteiger partial charge in [0.15, 0.2) is 6.29 Å². The third-order valence-electron chi connectivity index (χ3n) is 2.35. The minimum absolute atomic E-state index is 0. The summed E-state index contributed by atoms with van der Waals surface area (Å²) in [5.41, 5.74) is 0. The fourth-order valence-corrected chi connectivity index (χ4v) is 1.33. The van der Waals surface area contributed by atoms with Crippen molar-refractivity contribution >= 4 is 12.4 Å². The average molecular weight is 212 g/mol. The van der Waals surface area contributed by atoms with E-state index in [2.05, 4.69) is 19.2 Å². The van der Waals surface area contributed by atoms with Crippen LogP contribution in [-0.4, -0.2) is 33.6 Å². The first-order chi connectivity index (χ1) is 5.71. The van der Waals surface area contributed by atoms with E-state index in [0.29, 0.717) is 5.92 Å². The number of likely N-dealkylation sites (N-methyl/N-ethyl adjacent to an activating group) is 1. The van der Waals surface area contributed by atoms with Gasteiger partial charge in [-0.25, -0.2) is 0 Å². The summed E-state index contributed by atoms with van der Waals surface area (Å²) in [5, 5.41) is 3.20. The van der Waals surface area contributed by atoms with Crippen LogP contribution in [0.1, 0.15) is 20.3 Å². The second-order valence-electron chi connectivity index (χ2n) is 3.04. The SMILES string of the molecule is CCC(C)C(NC)C(OC)OC.Cl. The summed E-state index contributed by atoms with van der Waals surface area (Å²) in [6.07, 6.45) is 0.972. The molecule has 0 aliphatic rings. The van der Waals surface area contributed by atoms with Crippen LogP contribution in [0, 0.1) is 5.92 Å². The summed E-state index contributed by atoms with van der Waals surface area (Å²) < 4.78 is 10.4. The zero-order valence-corrected chi connectivity index (χ0v) is 9.98. The van der Waals surface area contributed by atoms with Crippen molar-refractivity contribution in [3.8, 4) is 0 Å². The third kappa shape index (κ3) is 4.81. The van der Waals surface area contributed by atoms with Crippen LogP contribution in [0.4, 0.5) is 0 Å². The first-order valence-corrected chi connectivity index (χ1v) is 4.44. The highest BCUT2D eigenvalue weighted by molar-refractivity contribution is 5.85. The molecule has 0 radical (unpaired) electrons. The third-order valence-corrected chi connectivity index (χ3v) is 2.35. The van der Waals surface area contributed by atoms with E-state index in [4.69, 9.17) is 9.47 Å². The second kappa shape index (κ2) is 8.75. The lowest BCUT2D eigenvalue weighted by atomic mass is 9.99. The van der Waals surface area contributed by atoms with Gasteiger partial charge in [0.25, 0.3) is 0 Å². The van der Waals surface area contributed by atoms with Crippen LogP contribution >= 0.6 is 12.4 Å². The minimum atomic E-state index is -0.148. The molecule has 4 heteroatoms. The number of methoxy groups -OCH3 is 2. The summed E-state index contributed by atoms with van der Waals surface area (Å²) >= 11 is 0. The van der Waals surface area contributed by atoms with Gasteiger partial charge in [-0.2, -0.15) is 0 Å². The number of hydrogen-bond donors (Lipinski definition) is 1. The molecule has 0 bridgehead atoms. The number of rotatable bonds is 6. The van der Waals surface area contributed by atoms with Crippen LogP contribution in [-0.2, 0) is 9.47 Å². The molecule has 2 unspecified atom stereocenters. The first-order valence-electron chi connectivity index (χ1n) is 4.44. The number of nitrogens with one attached hydrogen (secondary N) is 1. The van der Waals surface area contributed by atoms with Gasteiger partial charge >= 0.3 is 0 Å². The molecule has 0 spiro atoms. The molecular formula is C9H22ClNO2. The van der Waals surface area contributed by atoms with Crippen LogP contribution in [0.3, 0.4) is 0 Å². The van der Waals surface area contributed by atoms with Crippen molar-refractivity contribution in [2.45, 2.75) is 32.6 Å². The predicted molar refractivity (Wildman–Crippen MR) is 57.4 cm³/mol. The lowest BCUT2D eigenvalue weighted by Crippen LogP contribution is -2.44. The lowest BCUT2D eigenvalue weighted by molar-refractivity contribution is -0.130. The molecule has 2 atom stereocenters. The van der Waals surface area contributed by atoms with Crippen LogP contribution in [0.15, 0.2) is 0 Å². The van der Waals surface area contributed by atoms with Gasteiger partial charge in [0.05, 0.1) is 6.04 Å². The van der Waals surface area contributed by atoms with Gasteiger partial charge in [-0.3, -0.25) is 0 Å². The molecule has 0 aliphatic heterocycles. The Morgan fingerprint density at radius 1 is 1.23 bits per heavy atom. The molecule has 0 aromatic rings. The number of halogens is 1. The molecule has 0 aromatic carbocycles. The molecule has 0 heterocycles. The van der Waals surface area contributed by atoms with Gasteiger partial charge in [-0.15, -0.1) is 12.4 Å². The fraction of sp³-hybridized carbons (Fsp3) is 1.00. The maximum atomic E-state index is 5.19. The highest BCUT2D eigenvalue weighted by Gasteiger charge is 2.23. The predicted octanol–water partition coefficient (Wildman–Crippen LogP) is 1.66. The van der Waals surface area contributed by atoms with Crippen LogP contribution in [0.2, 0.25) is 0 Å². The fourth-order valence-electron chi connectivity index (χ4n) is 1.33. The molecule has 0 fully saturated rings. The van der Waals surface area contributed by atoms with E-state index in [0.717, 1.165) is 6.42 Å². The molecule has 0 aliphatic carbocycles. The quantitative estimate of drug-likeness (QED) is 0.678. The Hall–Kier alpha value is 0.170. The van der Waals surface area contributed by atoms with E-state index >= 15 is 0 Å². The maximum Gasteiger partial charge on any atom is 0.172 e. The lowest BCUT2D eigenvalue weighted by Gasteiger charge is -2.28. The molecule has 82 valence electrons. The zero-order chi connectivity index (χ0) is 9.56. The van der Waals surface area contributed by atoms with Gasteiger partial charge in [-0.05, 0) is 13.0 Å². The van der Waals surface area contributed by atoms with Crippen LogP contribution in [0.5, 0.6) is 0 Å². The Morgan fingerprint density at radius 2 is 1.69 bits per heavy atom. The van der Waals surface area contributed by atoms with Crippen molar-refractivity contribution in [1.29, 1.82) is 0 Å². The van der Waals surface area contributed by atoms with E-state index in [9.17, 15) is 0 Å². The van der Waals surface area contributed by atoms with Crippen molar-refractivity contribution in [2.24, 2.45) is 5.92 Å². The van der Waals surface area contributed by atoms with E-state index in [-0.39, 0.29) is 24.7 Å². The van der Waals surface area contributed by atoms with Crippen LogP contribution in [0.25, 0.3) is 0 Å². The standard InChI is InChI=1S/C9H21NO2.ClH/c1-6-7(2)8(10-3)9(11-4)12-5;/h7-10H,6H2,1-5H3;1H. The average Bonchev–Trinajstić information content (AvgIpc) is 2.12. The second-order valence-corrected chi connectivity index (χ2v) is 3.04. The summed E-state index contributed by atoms with van der Waals surface area (Å²) in [5.74, 6) is 0.555. The highest BCUT2D eigenvalue weighted by Crippen LogP contribution is 2.13. The topological polar surface area (TPSA) is 30.5 Å². The smallest absolute Gasteiger partial charge is 0.172 e. The Bertz CT molecular complexity index is 110. The van der Waals surface area contributed by atoms with E-state index in [1.807, 2.05) is 7.05 Å². The molecule has 3 nitrogen and oxygen atoms in total. The molecule has 0 saturated carbocycles. The van der Waals surface area contributed by atoms with Crippen molar-refractivity contribution in [3.05, 3.63) is 0 Å². The molecule has 0 amide bonds. The molecule has 1 N–H and O–H groups in total. The first kappa shape index (κ1) is 15.6. The van der Waals surface area contributed by atoms with Crippen molar-refractivity contribution < 1.29 is 9.47 Å². The van der Waals surface area contributed by atoms with Gasteiger partial charge in [0.2, 0.25) is 0 Å². The molecule has 0 aromatic heterocycles. The van der Waals surface area contributed by atoms with Gasteiger partial charge in [0.1, 0.15) is 0 Å². The van der Waals surface area contributed by atoms with E-state index < -0.39 is 0 Å². The van der Waals surface area contributed by atoms with Gasteiger partial charge < -0.3 is 14.8 Å². The minimum Gasteiger partial charge on any atom is -0.354 e. The number of ether oxygens (including phenoxy) is 2. The van der Waals surface area contributed by atoms with E-state index in [1.54, 1.807) is 14.2 Å². The monoisotopic (exact) mass is 211 g/mol. The van der Waals surface area contributed by atoms with Crippen molar-refractivity contribution in [1.82, 2.24) is 5.32 Å². The largest absolute Gasteiger partial charge is 0.354 e. The maximum absolute atomic E-state index is 5.19. The normalized spacial score (nSPS) is 15.2. The Labute approximate surface area is 87.6 Å². The summed E-state index contributed by atoms with van der Waals surface area (Å²) in [6.45, 7) is 4.35. The molecule has 0 rings (SSSR count). The number of hydrogen-bond acceptors (Lipinski definition) is 3. The van der Waals surface area contributed by atoms with Gasteiger partial charge in [0, 0.05) is 14.2 Å². The Morgan fingerprint density at radius 3 is 1.92 bits per heavy atom. The van der Waals surface area contributed by atoms with Gasteiger partial charge in [-0.1, -0.05) is 20.3 Å². The molecular weight excluding hydrogens is 190 g/mol. The van der Waals surface area contributed by atoms with E-state index in [1.165, 1.54) is 0 Å². The molecule has 13 heavy (non-hydrogen) atoms. The zero-order valence-electron chi connectivity index (χ0n) is 9.16.